The van der Waals surface area contributed by atoms with Crippen LogP contribution in [0.5, 0.6) is 0 Å². The second-order valence-electron chi connectivity index (χ2n) is 4.94. The Hall–Kier alpha value is -2.31. The van der Waals surface area contributed by atoms with Gasteiger partial charge in [-0.05, 0) is 25.0 Å². The Labute approximate surface area is 119 Å². The molecule has 0 spiro atoms. The first-order valence-electron chi connectivity index (χ1n) is 6.39. The van der Waals surface area contributed by atoms with Crippen LogP contribution in [0.15, 0.2) is 29.4 Å². The number of nitrogens with one attached hydrogen (secondary N) is 1. The predicted molar refractivity (Wildman–Crippen MR) is 71.6 cm³/mol. The van der Waals surface area contributed by atoms with E-state index >= 15 is 0 Å². The molecule has 5 nitrogen and oxygen atoms in total. The zero-order valence-electron chi connectivity index (χ0n) is 11.3. The number of benzene rings is 1. The Morgan fingerprint density at radius 1 is 1.38 bits per heavy atom. The highest BCUT2D eigenvalue weighted by Crippen LogP contribution is 2.49. The molecular formula is C14H14F2N2O3. The highest BCUT2D eigenvalue weighted by Gasteiger charge is 2.47. The number of carbonyl (C=O) groups is 2. The third-order valence-electron chi connectivity index (χ3n) is 3.24. The number of Topliss-reactive ketones (excluding diaryl/α,β-unsaturated/α-hetero) is 1. The summed E-state index contributed by atoms with van der Waals surface area (Å²) in [6.45, 7) is 1.06. The number of nitrogens with zero attached hydrogens (tertiary/aromatic N) is 1. The van der Waals surface area contributed by atoms with Gasteiger partial charge in [0.15, 0.2) is 5.78 Å². The van der Waals surface area contributed by atoms with Crippen molar-refractivity contribution in [1.82, 2.24) is 0 Å². The van der Waals surface area contributed by atoms with Crippen molar-refractivity contribution in [2.75, 3.05) is 5.32 Å². The van der Waals surface area contributed by atoms with E-state index < -0.39 is 29.2 Å². The van der Waals surface area contributed by atoms with Gasteiger partial charge in [0.2, 0.25) is 5.71 Å². The summed E-state index contributed by atoms with van der Waals surface area (Å²) in [5.41, 5.74) is -0.761. The molecule has 1 aromatic carbocycles. The summed E-state index contributed by atoms with van der Waals surface area (Å²) in [7, 11) is 0. The highest BCUT2D eigenvalue weighted by atomic mass is 19.3. The summed E-state index contributed by atoms with van der Waals surface area (Å²) in [5.74, 6) is -5.27. The molecule has 112 valence electrons. The standard InChI is InChI=1S/C14H14F2N2O3/c1-8(19)12(18-21)13(20)17-11-4-2-3-10(7-11)14(15,16)9-5-6-9/h2-4,7,9,21H,5-6H2,1H3,(H,17,20)/b18-12-. The summed E-state index contributed by atoms with van der Waals surface area (Å²) in [6.07, 6.45) is 0.963. The molecule has 0 unspecified atom stereocenters. The average molecular weight is 296 g/mol. The second-order valence-corrected chi connectivity index (χ2v) is 4.94. The molecule has 0 aromatic heterocycles. The fraction of sp³-hybridized carbons (Fsp3) is 0.357. The Balaban J connectivity index is 2.18. The predicted octanol–water partition coefficient (Wildman–Crippen LogP) is 2.55. The van der Waals surface area contributed by atoms with Crippen LogP contribution in [0.1, 0.15) is 25.3 Å². The lowest BCUT2D eigenvalue weighted by molar-refractivity contribution is -0.114. The quantitative estimate of drug-likeness (QED) is 0.379. The number of alkyl halides is 2. The molecule has 7 heteroatoms. The maximum absolute atomic E-state index is 14.0. The minimum absolute atomic E-state index is 0.111. The summed E-state index contributed by atoms with van der Waals surface area (Å²) >= 11 is 0. The van der Waals surface area contributed by atoms with E-state index in [4.69, 9.17) is 5.21 Å². The molecule has 1 aliphatic rings. The third kappa shape index (κ3) is 3.24. The van der Waals surface area contributed by atoms with E-state index in [0.29, 0.717) is 12.8 Å². The van der Waals surface area contributed by atoms with Crippen LogP contribution in [-0.2, 0) is 15.5 Å². The number of oxime groups is 1. The number of anilines is 1. The lowest BCUT2D eigenvalue weighted by atomic mass is 10.0. The zero-order chi connectivity index (χ0) is 15.6. The molecule has 0 bridgehead atoms. The highest BCUT2D eigenvalue weighted by molar-refractivity contribution is 6.67. The summed E-state index contributed by atoms with van der Waals surface area (Å²) in [6, 6.07) is 5.26. The van der Waals surface area contributed by atoms with Gasteiger partial charge in [-0.3, -0.25) is 9.59 Å². The summed E-state index contributed by atoms with van der Waals surface area (Å²) < 4.78 is 28.0. The Morgan fingerprint density at radius 2 is 2.05 bits per heavy atom. The molecule has 21 heavy (non-hydrogen) atoms. The molecule has 0 saturated heterocycles. The Morgan fingerprint density at radius 3 is 2.57 bits per heavy atom. The molecule has 0 aliphatic heterocycles. The maximum atomic E-state index is 14.0. The molecule has 1 fully saturated rings. The van der Waals surface area contributed by atoms with Gasteiger partial charge in [-0.15, -0.1) is 0 Å². The second kappa shape index (κ2) is 5.59. The van der Waals surface area contributed by atoms with Crippen LogP contribution >= 0.6 is 0 Å². The monoisotopic (exact) mass is 296 g/mol. The van der Waals surface area contributed by atoms with Crippen LogP contribution in [0.2, 0.25) is 0 Å². The fourth-order valence-electron chi connectivity index (χ4n) is 1.95. The van der Waals surface area contributed by atoms with Crippen molar-refractivity contribution in [2.24, 2.45) is 11.1 Å². The molecule has 0 atom stereocenters. The van der Waals surface area contributed by atoms with Crippen molar-refractivity contribution in [2.45, 2.75) is 25.7 Å². The van der Waals surface area contributed by atoms with Gasteiger partial charge in [-0.2, -0.15) is 0 Å². The Kier molecular flexibility index (Phi) is 4.02. The van der Waals surface area contributed by atoms with E-state index in [-0.39, 0.29) is 11.3 Å². The van der Waals surface area contributed by atoms with E-state index in [9.17, 15) is 18.4 Å². The molecule has 2 rings (SSSR count). The molecule has 0 heterocycles. The molecule has 0 radical (unpaired) electrons. The minimum Gasteiger partial charge on any atom is -0.410 e. The number of rotatable bonds is 5. The van der Waals surface area contributed by atoms with Crippen molar-refractivity contribution in [3.8, 4) is 0 Å². The smallest absolute Gasteiger partial charge is 0.281 e. The number of amides is 1. The largest absolute Gasteiger partial charge is 0.410 e. The number of hydrogen-bond acceptors (Lipinski definition) is 4. The van der Waals surface area contributed by atoms with Gasteiger partial charge < -0.3 is 10.5 Å². The lowest BCUT2D eigenvalue weighted by Crippen LogP contribution is -2.28. The number of carbonyl (C=O) groups excluding carboxylic acids is 2. The third-order valence-corrected chi connectivity index (χ3v) is 3.24. The van der Waals surface area contributed by atoms with E-state index in [0.717, 1.165) is 13.0 Å². The molecular weight excluding hydrogens is 282 g/mol. The first-order valence-corrected chi connectivity index (χ1v) is 6.39. The van der Waals surface area contributed by atoms with Gasteiger partial charge in [0.1, 0.15) is 0 Å². The number of halogens is 2. The number of hydrogen-bond donors (Lipinski definition) is 2. The topological polar surface area (TPSA) is 78.8 Å². The van der Waals surface area contributed by atoms with Crippen molar-refractivity contribution < 1.29 is 23.6 Å². The van der Waals surface area contributed by atoms with Crippen molar-refractivity contribution >= 4 is 23.1 Å². The average Bonchev–Trinajstić information content (AvgIpc) is 3.23. The summed E-state index contributed by atoms with van der Waals surface area (Å²) in [5, 5.41) is 13.5. The van der Waals surface area contributed by atoms with Gasteiger partial charge in [0.25, 0.3) is 11.8 Å². The Bertz CT molecular complexity index is 610. The first kappa shape index (κ1) is 15.1. The normalized spacial score (nSPS) is 15.7. The molecule has 2 N–H and O–H groups in total. The fourth-order valence-corrected chi connectivity index (χ4v) is 1.95. The van der Waals surface area contributed by atoms with Gasteiger partial charge in [-0.1, -0.05) is 17.3 Å². The molecule has 1 aromatic rings. The molecule has 1 amide bonds. The van der Waals surface area contributed by atoms with Crippen molar-refractivity contribution in [3.63, 3.8) is 0 Å². The van der Waals surface area contributed by atoms with Gasteiger partial charge in [0, 0.05) is 24.1 Å². The van der Waals surface area contributed by atoms with Gasteiger partial charge in [-0.25, -0.2) is 8.78 Å². The van der Waals surface area contributed by atoms with E-state index in [1.165, 1.54) is 18.2 Å². The van der Waals surface area contributed by atoms with Crippen LogP contribution in [0.25, 0.3) is 0 Å². The minimum atomic E-state index is -2.94. The first-order chi connectivity index (χ1) is 9.86. The van der Waals surface area contributed by atoms with Crippen LogP contribution < -0.4 is 5.32 Å². The van der Waals surface area contributed by atoms with Gasteiger partial charge in [0.05, 0.1) is 0 Å². The van der Waals surface area contributed by atoms with Gasteiger partial charge >= 0.3 is 0 Å². The summed E-state index contributed by atoms with van der Waals surface area (Å²) in [4.78, 5) is 22.7. The molecule has 1 saturated carbocycles. The van der Waals surface area contributed by atoms with Crippen LogP contribution in [-0.4, -0.2) is 22.6 Å². The molecule has 1 aliphatic carbocycles. The van der Waals surface area contributed by atoms with E-state index in [1.807, 2.05) is 0 Å². The lowest BCUT2D eigenvalue weighted by Gasteiger charge is -2.17. The van der Waals surface area contributed by atoms with Crippen molar-refractivity contribution in [3.05, 3.63) is 29.8 Å². The van der Waals surface area contributed by atoms with Crippen LogP contribution in [0.3, 0.4) is 0 Å². The maximum Gasteiger partial charge on any atom is 0.281 e. The van der Waals surface area contributed by atoms with E-state index in [2.05, 4.69) is 10.5 Å². The number of ketones is 1. The SMILES string of the molecule is CC(=O)/C(=N/O)C(=O)Nc1cccc(C(F)(F)C2CC2)c1. The van der Waals surface area contributed by atoms with Crippen molar-refractivity contribution in [1.29, 1.82) is 0 Å². The zero-order valence-corrected chi connectivity index (χ0v) is 11.3. The van der Waals surface area contributed by atoms with Crippen LogP contribution in [0, 0.1) is 5.92 Å². The van der Waals surface area contributed by atoms with E-state index in [1.54, 1.807) is 0 Å². The van der Waals surface area contributed by atoms with Crippen LogP contribution in [0.4, 0.5) is 14.5 Å².